The molecule has 11 heteroatoms. The van der Waals surface area contributed by atoms with Crippen LogP contribution in [0.25, 0.3) is 0 Å². The molecule has 0 spiro atoms. The van der Waals surface area contributed by atoms with Gasteiger partial charge >= 0.3 is 25.7 Å². The summed E-state index contributed by atoms with van der Waals surface area (Å²) in [6, 6.07) is 1.01. The summed E-state index contributed by atoms with van der Waals surface area (Å²) in [4.78, 5) is 0. The monoisotopic (exact) mass is 598 g/mol. The molecule has 0 heterocycles. The van der Waals surface area contributed by atoms with Crippen LogP contribution in [0.4, 0.5) is 0 Å². The van der Waals surface area contributed by atoms with Crippen molar-refractivity contribution in [2.24, 2.45) is 0 Å². The lowest BCUT2D eigenvalue weighted by molar-refractivity contribution is 0.283. The van der Waals surface area contributed by atoms with E-state index >= 15 is 0 Å². The predicted octanol–water partition coefficient (Wildman–Crippen LogP) is 8.99. The van der Waals surface area contributed by atoms with Gasteiger partial charge in [0.15, 0.2) is 16.6 Å². The molecule has 0 aliphatic carbocycles. The summed E-state index contributed by atoms with van der Waals surface area (Å²) < 4.78 is 33.2. The van der Waals surface area contributed by atoms with E-state index in [-0.39, 0.29) is 0 Å². The van der Waals surface area contributed by atoms with Gasteiger partial charge in [0.25, 0.3) is 9.28 Å². The van der Waals surface area contributed by atoms with Gasteiger partial charge in [0, 0.05) is 0 Å². The predicted molar refractivity (Wildman–Crippen MR) is 168 cm³/mol. The van der Waals surface area contributed by atoms with Gasteiger partial charge in [0.1, 0.15) is 0 Å². The van der Waals surface area contributed by atoms with Crippen molar-refractivity contribution in [3.8, 4) is 0 Å². The summed E-state index contributed by atoms with van der Waals surface area (Å²) >= 11 is 0. The van der Waals surface area contributed by atoms with Crippen LogP contribution in [0.1, 0.15) is 71.1 Å². The Hall–Kier alpha value is 1.10. The molecule has 0 saturated heterocycles. The normalized spacial score (nSPS) is 16.4. The second kappa shape index (κ2) is 16.3. The van der Waals surface area contributed by atoms with Crippen LogP contribution in [0.15, 0.2) is 0 Å². The molecule has 0 fully saturated rings. The molecule has 0 radical (unpaired) electrons. The van der Waals surface area contributed by atoms with Crippen molar-refractivity contribution in [2.45, 2.75) is 156 Å². The first-order valence-electron chi connectivity index (χ1n) is 14.2. The summed E-state index contributed by atoms with van der Waals surface area (Å²) in [5.74, 6) is 0. The highest BCUT2D eigenvalue weighted by molar-refractivity contribution is 6.89. The fraction of sp³-hybridized carbons (Fsp3) is 1.00. The second-order valence-corrected chi connectivity index (χ2v) is 35.5. The third kappa shape index (κ3) is 21.7. The molecule has 0 N–H and O–H groups in total. The fourth-order valence-corrected chi connectivity index (χ4v) is 30.2. The molecule has 0 amide bonds. The average Bonchev–Trinajstić information content (AvgIpc) is 2.57. The minimum Gasteiger partial charge on any atom is -0.439 e. The first-order valence-corrected chi connectivity index (χ1v) is 31.3. The minimum absolute atomic E-state index is 1.01. The first-order chi connectivity index (χ1) is 15.8. The van der Waals surface area contributed by atoms with Gasteiger partial charge in [-0.2, -0.15) is 0 Å². The highest BCUT2D eigenvalue weighted by atomic mass is 28.5. The summed E-state index contributed by atoms with van der Waals surface area (Å²) in [7, 11) is -12.2. The van der Waals surface area contributed by atoms with Gasteiger partial charge < -0.3 is 20.6 Å². The zero-order valence-corrected chi connectivity index (χ0v) is 32.1. The first kappa shape index (κ1) is 36.1. The van der Waals surface area contributed by atoms with E-state index in [1.165, 1.54) is 64.2 Å². The van der Waals surface area contributed by atoms with Crippen LogP contribution < -0.4 is 0 Å². The van der Waals surface area contributed by atoms with Crippen LogP contribution in [0.2, 0.25) is 84.6 Å². The molecule has 0 saturated carbocycles. The smallest absolute Gasteiger partial charge is 0.317 e. The SMILES string of the molecule is CCCCCCCCCCCC[Si](C)(O[Si](C)(C)O[SiH](C)O[Si](C)(C)C)O[Si](C)(C)O[Si](C)(C)C. The van der Waals surface area contributed by atoms with E-state index in [1.807, 2.05) is 0 Å². The van der Waals surface area contributed by atoms with Gasteiger partial charge in [-0.15, -0.1) is 0 Å². The van der Waals surface area contributed by atoms with Gasteiger partial charge in [-0.25, -0.2) is 0 Å². The third-order valence-electron chi connectivity index (χ3n) is 5.43. The standard InChI is InChI=1S/C24H62O5Si6/c1-14-15-16-17-18-19-20-21-22-23-24-35(13,29-34(11,12)27-32(6,7)8)28-33(9,10)26-30(2)25-31(3,4)5/h30H,14-24H2,1-13H3. The van der Waals surface area contributed by atoms with Crippen LogP contribution in [0.3, 0.4) is 0 Å². The van der Waals surface area contributed by atoms with Crippen molar-refractivity contribution in [3.05, 3.63) is 0 Å². The zero-order valence-electron chi connectivity index (χ0n) is 25.9. The topological polar surface area (TPSA) is 46.2 Å². The van der Waals surface area contributed by atoms with Crippen molar-refractivity contribution < 1.29 is 20.6 Å². The molecular formula is C24H62O5Si6. The molecule has 0 aromatic heterocycles. The maximum Gasteiger partial charge on any atom is 0.317 e. The molecule has 0 aromatic carbocycles. The molecule has 0 aliphatic rings. The average molecular weight is 599 g/mol. The van der Waals surface area contributed by atoms with E-state index in [0.29, 0.717) is 0 Å². The Kier molecular flexibility index (Phi) is 16.8. The van der Waals surface area contributed by atoms with Crippen LogP contribution in [0, 0.1) is 0 Å². The van der Waals surface area contributed by atoms with Crippen LogP contribution in [-0.4, -0.2) is 51.6 Å². The fourth-order valence-electron chi connectivity index (χ4n) is 4.80. The second-order valence-electron chi connectivity index (χ2n) is 13.2. The molecular weight excluding hydrogens is 537 g/mol. The highest BCUT2D eigenvalue weighted by Gasteiger charge is 2.46. The van der Waals surface area contributed by atoms with E-state index in [0.717, 1.165) is 6.04 Å². The van der Waals surface area contributed by atoms with Crippen LogP contribution in [0.5, 0.6) is 0 Å². The Morgan fingerprint density at radius 2 is 0.914 bits per heavy atom. The van der Waals surface area contributed by atoms with Gasteiger partial charge in [-0.05, 0) is 84.6 Å². The maximum absolute atomic E-state index is 6.92. The maximum atomic E-state index is 6.92. The molecule has 2 unspecified atom stereocenters. The van der Waals surface area contributed by atoms with E-state index in [1.54, 1.807) is 0 Å². The lowest BCUT2D eigenvalue weighted by Crippen LogP contribution is -2.59. The summed E-state index contributed by atoms with van der Waals surface area (Å²) in [5, 5.41) is 0. The quantitative estimate of drug-likeness (QED) is 0.0974. The molecule has 212 valence electrons. The molecule has 0 aromatic rings. The van der Waals surface area contributed by atoms with E-state index in [4.69, 9.17) is 20.6 Å². The highest BCUT2D eigenvalue weighted by Crippen LogP contribution is 2.29. The van der Waals surface area contributed by atoms with E-state index in [9.17, 15) is 0 Å². The number of unbranched alkanes of at least 4 members (excludes halogenated alkanes) is 9. The van der Waals surface area contributed by atoms with Gasteiger partial charge in [0.2, 0.25) is 0 Å². The Morgan fingerprint density at radius 1 is 0.486 bits per heavy atom. The Bertz CT molecular complexity index is 566. The van der Waals surface area contributed by atoms with Gasteiger partial charge in [-0.1, -0.05) is 71.1 Å². The Balaban J connectivity index is 5.01. The largest absolute Gasteiger partial charge is 0.439 e. The van der Waals surface area contributed by atoms with Crippen LogP contribution in [-0.2, 0) is 20.6 Å². The van der Waals surface area contributed by atoms with Crippen LogP contribution >= 0.6 is 0 Å². The van der Waals surface area contributed by atoms with Crippen molar-refractivity contribution in [1.29, 1.82) is 0 Å². The van der Waals surface area contributed by atoms with E-state index < -0.39 is 51.6 Å². The Morgan fingerprint density at radius 3 is 1.34 bits per heavy atom. The summed E-state index contributed by atoms with van der Waals surface area (Å²) in [5.41, 5.74) is 0. The van der Waals surface area contributed by atoms with Crippen molar-refractivity contribution >= 4 is 51.6 Å². The number of rotatable bonds is 21. The van der Waals surface area contributed by atoms with Gasteiger partial charge in [0.05, 0.1) is 0 Å². The minimum atomic E-state index is -2.46. The Labute approximate surface area is 227 Å². The lowest BCUT2D eigenvalue weighted by Gasteiger charge is -2.42. The van der Waals surface area contributed by atoms with Gasteiger partial charge in [-0.3, -0.25) is 0 Å². The summed E-state index contributed by atoms with van der Waals surface area (Å²) in [6.07, 6.45) is 13.4. The van der Waals surface area contributed by atoms with Crippen molar-refractivity contribution in [1.82, 2.24) is 0 Å². The third-order valence-corrected chi connectivity index (χ3v) is 26.2. The lowest BCUT2D eigenvalue weighted by atomic mass is 10.1. The molecule has 2 atom stereocenters. The number of hydrogen-bond donors (Lipinski definition) is 0. The molecule has 35 heavy (non-hydrogen) atoms. The van der Waals surface area contributed by atoms with Crippen molar-refractivity contribution in [3.63, 3.8) is 0 Å². The summed E-state index contributed by atoms with van der Waals surface area (Å²) in [6.45, 7) is 28.8. The molecule has 0 rings (SSSR count). The number of hydrogen-bond acceptors (Lipinski definition) is 5. The molecule has 0 bridgehead atoms. The van der Waals surface area contributed by atoms with E-state index in [2.05, 4.69) is 85.5 Å². The molecule has 0 aliphatic heterocycles. The zero-order chi connectivity index (χ0) is 27.4. The molecule has 5 nitrogen and oxygen atoms in total. The van der Waals surface area contributed by atoms with Crippen molar-refractivity contribution in [2.75, 3.05) is 0 Å².